The van der Waals surface area contributed by atoms with E-state index in [1.54, 1.807) is 17.0 Å². The summed E-state index contributed by atoms with van der Waals surface area (Å²) in [5.41, 5.74) is 5.01. The van der Waals surface area contributed by atoms with Crippen molar-refractivity contribution in [2.75, 3.05) is 44.2 Å². The minimum Gasteiger partial charge on any atom is -0.373 e. The summed E-state index contributed by atoms with van der Waals surface area (Å²) in [6.07, 6.45) is -2.20. The van der Waals surface area contributed by atoms with Crippen molar-refractivity contribution < 1.29 is 27.5 Å². The molecule has 0 radical (unpaired) electrons. The maximum Gasteiger partial charge on any atom is 0.402 e. The summed E-state index contributed by atoms with van der Waals surface area (Å²) >= 11 is 0. The molecule has 190 valence electrons. The Morgan fingerprint density at radius 3 is 2.63 bits per heavy atom. The van der Waals surface area contributed by atoms with Crippen LogP contribution < -0.4 is 21.1 Å². The smallest absolute Gasteiger partial charge is 0.373 e. The Bertz CT molecular complexity index is 945. The molecule has 3 saturated heterocycles. The van der Waals surface area contributed by atoms with Crippen LogP contribution >= 0.6 is 0 Å². The number of pyridine rings is 1. The summed E-state index contributed by atoms with van der Waals surface area (Å²) in [5, 5.41) is 11.7. The highest BCUT2D eigenvalue weighted by molar-refractivity contribution is 5.80. The summed E-state index contributed by atoms with van der Waals surface area (Å²) in [6.45, 7) is 2.49. The van der Waals surface area contributed by atoms with E-state index in [2.05, 4.69) is 20.6 Å². The van der Waals surface area contributed by atoms with Crippen LogP contribution in [0.2, 0.25) is 0 Å². The average molecular weight is 496 g/mol. The summed E-state index contributed by atoms with van der Waals surface area (Å²) in [4.78, 5) is 32.6. The highest BCUT2D eigenvalue weighted by Gasteiger charge is 2.51. The fourth-order valence-corrected chi connectivity index (χ4v) is 4.70. The molecule has 0 aliphatic carbocycles. The van der Waals surface area contributed by atoms with Crippen molar-refractivity contribution in [1.82, 2.24) is 26.1 Å². The van der Waals surface area contributed by atoms with Crippen LogP contribution in [0, 0.1) is 17.2 Å². The van der Waals surface area contributed by atoms with Gasteiger partial charge in [0.1, 0.15) is 11.9 Å². The SMILES string of the molecule is N#Cc1ccc(N2CCN(C(=O)C[C@@H]3CC[C@H](CNC4CNNC(=O)C4C(F)(F)F)O3)CC2)nc1. The number of hydrazine groups is 1. The molecule has 1 aromatic rings. The number of alkyl halides is 3. The second-order valence-electron chi connectivity index (χ2n) is 8.95. The van der Waals surface area contributed by atoms with Crippen molar-refractivity contribution in [3.63, 3.8) is 0 Å². The lowest BCUT2D eigenvalue weighted by molar-refractivity contribution is -0.193. The molecule has 35 heavy (non-hydrogen) atoms. The first-order chi connectivity index (χ1) is 16.7. The number of anilines is 1. The van der Waals surface area contributed by atoms with E-state index in [0.717, 1.165) is 5.82 Å². The number of rotatable bonds is 6. The van der Waals surface area contributed by atoms with Crippen molar-refractivity contribution in [1.29, 1.82) is 5.26 Å². The molecule has 4 rings (SSSR count). The zero-order valence-corrected chi connectivity index (χ0v) is 19.1. The van der Waals surface area contributed by atoms with Crippen LogP contribution in [-0.4, -0.2) is 85.4 Å². The third-order valence-corrected chi connectivity index (χ3v) is 6.61. The number of carbonyl (C=O) groups is 2. The van der Waals surface area contributed by atoms with Gasteiger partial charge in [-0.3, -0.25) is 15.0 Å². The van der Waals surface area contributed by atoms with Gasteiger partial charge in [0.05, 0.1) is 24.2 Å². The fraction of sp³-hybridized carbons (Fsp3) is 0.636. The van der Waals surface area contributed by atoms with Crippen molar-refractivity contribution in [2.45, 2.75) is 43.7 Å². The zero-order valence-electron chi connectivity index (χ0n) is 19.1. The van der Waals surface area contributed by atoms with E-state index < -0.39 is 24.0 Å². The number of hydrogen-bond donors (Lipinski definition) is 3. The summed E-state index contributed by atoms with van der Waals surface area (Å²) < 4.78 is 45.7. The second-order valence-corrected chi connectivity index (χ2v) is 8.95. The van der Waals surface area contributed by atoms with E-state index in [1.807, 2.05) is 11.5 Å². The summed E-state index contributed by atoms with van der Waals surface area (Å²) in [7, 11) is 0. The van der Waals surface area contributed by atoms with Gasteiger partial charge in [0.2, 0.25) is 11.8 Å². The lowest BCUT2D eigenvalue weighted by Crippen LogP contribution is -2.64. The van der Waals surface area contributed by atoms with Crippen LogP contribution in [0.3, 0.4) is 0 Å². The van der Waals surface area contributed by atoms with E-state index >= 15 is 0 Å². The quantitative estimate of drug-likeness (QED) is 0.516. The first-order valence-electron chi connectivity index (χ1n) is 11.6. The molecule has 3 aliphatic rings. The van der Waals surface area contributed by atoms with Gasteiger partial charge in [-0.05, 0) is 25.0 Å². The number of halogens is 3. The third-order valence-electron chi connectivity index (χ3n) is 6.61. The van der Waals surface area contributed by atoms with E-state index in [-0.39, 0.29) is 37.6 Å². The normalized spacial score (nSPS) is 27.4. The number of piperazine rings is 1. The maximum atomic E-state index is 13.3. The van der Waals surface area contributed by atoms with Crippen molar-refractivity contribution in [3.8, 4) is 6.07 Å². The molecule has 3 fully saturated rings. The average Bonchev–Trinajstić information content (AvgIpc) is 3.29. The summed E-state index contributed by atoms with van der Waals surface area (Å²) in [6, 6.07) is 4.46. The monoisotopic (exact) mass is 495 g/mol. The Morgan fingerprint density at radius 1 is 1.23 bits per heavy atom. The molecular weight excluding hydrogens is 467 g/mol. The van der Waals surface area contributed by atoms with Crippen LogP contribution in [0.15, 0.2) is 18.3 Å². The molecule has 2 amide bonds. The van der Waals surface area contributed by atoms with Gasteiger partial charge < -0.3 is 19.9 Å². The van der Waals surface area contributed by atoms with Gasteiger partial charge >= 0.3 is 6.18 Å². The molecule has 1 aromatic heterocycles. The van der Waals surface area contributed by atoms with E-state index in [4.69, 9.17) is 10.00 Å². The summed E-state index contributed by atoms with van der Waals surface area (Å²) in [5.74, 6) is -2.47. The largest absolute Gasteiger partial charge is 0.402 e. The predicted molar refractivity (Wildman–Crippen MR) is 118 cm³/mol. The Labute approximate surface area is 200 Å². The molecule has 4 heterocycles. The molecule has 4 atom stereocenters. The lowest BCUT2D eigenvalue weighted by atomic mass is 9.96. The van der Waals surface area contributed by atoms with E-state index in [9.17, 15) is 22.8 Å². The van der Waals surface area contributed by atoms with Gasteiger partial charge in [0.25, 0.3) is 0 Å². The lowest BCUT2D eigenvalue weighted by Gasteiger charge is -2.36. The number of aromatic nitrogens is 1. The number of nitrogens with one attached hydrogen (secondary N) is 3. The Balaban J connectivity index is 1.19. The van der Waals surface area contributed by atoms with Gasteiger partial charge in [0.15, 0.2) is 5.92 Å². The van der Waals surface area contributed by atoms with Crippen LogP contribution in [0.5, 0.6) is 0 Å². The number of nitriles is 1. The second kappa shape index (κ2) is 10.8. The van der Waals surface area contributed by atoms with E-state index in [1.165, 1.54) is 6.20 Å². The maximum absolute atomic E-state index is 13.3. The Hall–Kier alpha value is -2.95. The van der Waals surface area contributed by atoms with Crippen molar-refractivity contribution >= 4 is 17.6 Å². The van der Waals surface area contributed by atoms with Gasteiger partial charge in [-0.25, -0.2) is 10.4 Å². The molecule has 2 unspecified atom stereocenters. The fourth-order valence-electron chi connectivity index (χ4n) is 4.70. The van der Waals surface area contributed by atoms with Crippen molar-refractivity contribution in [3.05, 3.63) is 23.9 Å². The molecule has 0 spiro atoms. The molecule has 13 heteroatoms. The van der Waals surface area contributed by atoms with Gasteiger partial charge in [-0.2, -0.15) is 18.4 Å². The number of carbonyl (C=O) groups excluding carboxylic acids is 2. The molecule has 0 saturated carbocycles. The molecular formula is C22H28F3N7O3. The number of ether oxygens (including phenoxy) is 1. The van der Waals surface area contributed by atoms with Crippen LogP contribution in [0.1, 0.15) is 24.8 Å². The Kier molecular flexibility index (Phi) is 7.73. The molecule has 0 aromatic carbocycles. The number of nitrogens with zero attached hydrogens (tertiary/aromatic N) is 4. The van der Waals surface area contributed by atoms with Crippen LogP contribution in [0.25, 0.3) is 0 Å². The Morgan fingerprint density at radius 2 is 1.97 bits per heavy atom. The molecule has 0 bridgehead atoms. The van der Waals surface area contributed by atoms with Crippen LogP contribution in [0.4, 0.5) is 19.0 Å². The van der Waals surface area contributed by atoms with Gasteiger partial charge in [0, 0.05) is 51.5 Å². The minimum absolute atomic E-state index is 0.0127. The number of hydrogen-bond acceptors (Lipinski definition) is 8. The first kappa shape index (κ1) is 25.2. The minimum atomic E-state index is -4.64. The van der Waals surface area contributed by atoms with Crippen LogP contribution in [-0.2, 0) is 14.3 Å². The van der Waals surface area contributed by atoms with Crippen molar-refractivity contribution in [2.24, 2.45) is 5.92 Å². The highest BCUT2D eigenvalue weighted by atomic mass is 19.4. The molecule has 3 aliphatic heterocycles. The van der Waals surface area contributed by atoms with Gasteiger partial charge in [-0.15, -0.1) is 0 Å². The highest BCUT2D eigenvalue weighted by Crippen LogP contribution is 2.30. The third kappa shape index (κ3) is 6.19. The van der Waals surface area contributed by atoms with E-state index in [0.29, 0.717) is 44.6 Å². The van der Waals surface area contributed by atoms with Gasteiger partial charge in [-0.1, -0.05) is 0 Å². The first-order valence-corrected chi connectivity index (χ1v) is 11.6. The standard InChI is InChI=1S/C22H28F3N7O3/c23-22(24,25)20-17(13-29-30-21(20)34)27-12-16-3-2-15(35-16)9-19(33)32-7-5-31(6-8-32)18-4-1-14(10-26)11-28-18/h1,4,11,15-17,20,27,29H,2-3,5-9,12-13H2,(H,30,34)/t15-,16+,17?,20?/m0/s1. The zero-order chi connectivity index (χ0) is 25.0. The predicted octanol–water partition coefficient (Wildman–Crippen LogP) is 0.311. The molecule has 3 N–H and O–H groups in total. The topological polar surface area (TPSA) is 123 Å². The number of amides is 2. The molecule has 10 nitrogen and oxygen atoms in total.